The average Bonchev–Trinajstić information content (AvgIpc) is 3.19. The van der Waals surface area contributed by atoms with Crippen LogP contribution in [0.4, 0.5) is 0 Å². The molecule has 3 aromatic rings. The van der Waals surface area contributed by atoms with Gasteiger partial charge in [-0.3, -0.25) is 0 Å². The molecule has 0 unspecified atom stereocenters. The maximum absolute atomic E-state index is 4.63. The number of benzene rings is 1. The molecule has 0 bridgehead atoms. The van der Waals surface area contributed by atoms with E-state index in [4.69, 9.17) is 0 Å². The first-order valence-electron chi connectivity index (χ1n) is 7.44. The number of nitrogens with zero attached hydrogens (tertiary/aromatic N) is 3. The van der Waals surface area contributed by atoms with Gasteiger partial charge in [-0.25, -0.2) is 9.97 Å². The van der Waals surface area contributed by atoms with E-state index in [1.807, 2.05) is 17.1 Å². The highest BCUT2D eigenvalue weighted by atomic mass is 35.5. The molecule has 2 aromatic heterocycles. The summed E-state index contributed by atoms with van der Waals surface area (Å²) in [6.07, 6.45) is 5.54. The molecule has 1 N–H and O–H groups in total. The van der Waals surface area contributed by atoms with E-state index in [1.54, 1.807) is 17.5 Å². The molecule has 0 saturated carbocycles. The van der Waals surface area contributed by atoms with Crippen molar-refractivity contribution < 1.29 is 0 Å². The summed E-state index contributed by atoms with van der Waals surface area (Å²) in [5.41, 5.74) is 3.52. The Labute approximate surface area is 147 Å². The highest BCUT2D eigenvalue weighted by Crippen LogP contribution is 2.19. The van der Waals surface area contributed by atoms with Crippen molar-refractivity contribution in [1.29, 1.82) is 0 Å². The van der Waals surface area contributed by atoms with Crippen molar-refractivity contribution in [2.24, 2.45) is 0 Å². The standard InChI is InChI=1S/C17H20N4S.ClH/c1-13(2)17-20-15(11-22-17)10-19-9-14-3-5-16(6-4-14)21-8-7-18-12-21;/h3-8,11-13,19H,9-10H2,1-2H3;1H. The van der Waals surface area contributed by atoms with Gasteiger partial charge in [-0.2, -0.15) is 0 Å². The highest BCUT2D eigenvalue weighted by molar-refractivity contribution is 7.09. The van der Waals surface area contributed by atoms with E-state index in [9.17, 15) is 0 Å². The van der Waals surface area contributed by atoms with E-state index < -0.39 is 0 Å². The van der Waals surface area contributed by atoms with Crippen LogP contribution < -0.4 is 5.32 Å². The average molecular weight is 349 g/mol. The minimum atomic E-state index is 0. The van der Waals surface area contributed by atoms with Crippen LogP contribution in [0.15, 0.2) is 48.4 Å². The molecule has 0 atom stereocenters. The van der Waals surface area contributed by atoms with E-state index in [1.165, 1.54) is 10.6 Å². The Kier molecular flexibility index (Phi) is 6.33. The quantitative estimate of drug-likeness (QED) is 0.727. The van der Waals surface area contributed by atoms with Crippen LogP contribution in [-0.2, 0) is 13.1 Å². The normalized spacial score (nSPS) is 10.7. The van der Waals surface area contributed by atoms with Crippen LogP contribution in [0.3, 0.4) is 0 Å². The predicted octanol–water partition coefficient (Wildman–Crippen LogP) is 4.16. The van der Waals surface area contributed by atoms with Gasteiger partial charge < -0.3 is 9.88 Å². The fraction of sp³-hybridized carbons (Fsp3) is 0.294. The lowest BCUT2D eigenvalue weighted by Crippen LogP contribution is -2.13. The molecule has 0 fully saturated rings. The molecule has 0 radical (unpaired) electrons. The number of aromatic nitrogens is 3. The predicted molar refractivity (Wildman–Crippen MR) is 97.6 cm³/mol. The van der Waals surface area contributed by atoms with Crippen LogP contribution >= 0.6 is 23.7 Å². The number of rotatable bonds is 6. The highest BCUT2D eigenvalue weighted by Gasteiger charge is 2.05. The Bertz CT molecular complexity index is 705. The van der Waals surface area contributed by atoms with Gasteiger partial charge >= 0.3 is 0 Å². The van der Waals surface area contributed by atoms with Gasteiger partial charge in [0.2, 0.25) is 0 Å². The molecule has 122 valence electrons. The van der Waals surface area contributed by atoms with Crippen molar-refractivity contribution in [2.45, 2.75) is 32.9 Å². The smallest absolute Gasteiger partial charge is 0.0991 e. The second-order valence-electron chi connectivity index (χ2n) is 5.57. The molecule has 1 aromatic carbocycles. The maximum Gasteiger partial charge on any atom is 0.0991 e. The van der Waals surface area contributed by atoms with Gasteiger partial charge in [0, 0.05) is 42.5 Å². The molecule has 3 rings (SSSR count). The Morgan fingerprint density at radius 1 is 1.17 bits per heavy atom. The molecule has 6 heteroatoms. The fourth-order valence-electron chi connectivity index (χ4n) is 2.20. The second kappa shape index (κ2) is 8.24. The Balaban J connectivity index is 0.00000192. The number of hydrogen-bond acceptors (Lipinski definition) is 4. The number of nitrogens with one attached hydrogen (secondary N) is 1. The van der Waals surface area contributed by atoms with Gasteiger partial charge in [-0.15, -0.1) is 23.7 Å². The molecule has 0 aliphatic carbocycles. The third-order valence-corrected chi connectivity index (χ3v) is 4.63. The first-order chi connectivity index (χ1) is 10.7. The zero-order chi connectivity index (χ0) is 15.4. The van der Waals surface area contributed by atoms with Crippen LogP contribution in [0.5, 0.6) is 0 Å². The third kappa shape index (κ3) is 4.64. The van der Waals surface area contributed by atoms with Crippen molar-refractivity contribution in [3.05, 3.63) is 64.6 Å². The van der Waals surface area contributed by atoms with Crippen LogP contribution in [0.2, 0.25) is 0 Å². The van der Waals surface area contributed by atoms with E-state index in [-0.39, 0.29) is 12.4 Å². The summed E-state index contributed by atoms with van der Waals surface area (Å²) in [4.78, 5) is 8.70. The Hall–Kier alpha value is -1.69. The molecule has 4 nitrogen and oxygen atoms in total. The van der Waals surface area contributed by atoms with Crippen molar-refractivity contribution >= 4 is 23.7 Å². The van der Waals surface area contributed by atoms with Crippen LogP contribution in [0, 0.1) is 0 Å². The minimum absolute atomic E-state index is 0. The lowest BCUT2D eigenvalue weighted by Gasteiger charge is -2.06. The molecule has 0 saturated heterocycles. The summed E-state index contributed by atoms with van der Waals surface area (Å²) in [5, 5.41) is 6.80. The lowest BCUT2D eigenvalue weighted by molar-refractivity contribution is 0.678. The van der Waals surface area contributed by atoms with Crippen molar-refractivity contribution in [3.63, 3.8) is 0 Å². The number of imidazole rings is 1. The first-order valence-corrected chi connectivity index (χ1v) is 8.32. The van der Waals surface area contributed by atoms with Gasteiger partial charge in [0.05, 0.1) is 17.0 Å². The molecule has 0 spiro atoms. The molecule has 0 amide bonds. The summed E-state index contributed by atoms with van der Waals surface area (Å²) >= 11 is 1.74. The summed E-state index contributed by atoms with van der Waals surface area (Å²) in [5.74, 6) is 0.509. The van der Waals surface area contributed by atoms with Crippen molar-refractivity contribution in [1.82, 2.24) is 19.9 Å². The topological polar surface area (TPSA) is 42.7 Å². The van der Waals surface area contributed by atoms with Crippen LogP contribution in [0.1, 0.15) is 36.0 Å². The van der Waals surface area contributed by atoms with Crippen LogP contribution in [-0.4, -0.2) is 14.5 Å². The number of halogens is 1. The van der Waals surface area contributed by atoms with E-state index >= 15 is 0 Å². The third-order valence-electron chi connectivity index (χ3n) is 3.44. The monoisotopic (exact) mass is 348 g/mol. The molecular formula is C17H21ClN4S. The zero-order valence-electron chi connectivity index (χ0n) is 13.3. The van der Waals surface area contributed by atoms with E-state index in [2.05, 4.69) is 58.8 Å². The summed E-state index contributed by atoms with van der Waals surface area (Å²) in [6, 6.07) is 8.50. The molecule has 2 heterocycles. The first kappa shape index (κ1) is 17.7. The Morgan fingerprint density at radius 2 is 1.96 bits per heavy atom. The van der Waals surface area contributed by atoms with Gasteiger partial charge in [-0.1, -0.05) is 26.0 Å². The Morgan fingerprint density at radius 3 is 2.57 bits per heavy atom. The van der Waals surface area contributed by atoms with Gasteiger partial charge in [0.1, 0.15) is 0 Å². The van der Waals surface area contributed by atoms with Crippen LogP contribution in [0.25, 0.3) is 5.69 Å². The van der Waals surface area contributed by atoms with E-state index in [0.717, 1.165) is 24.5 Å². The molecular weight excluding hydrogens is 328 g/mol. The molecule has 23 heavy (non-hydrogen) atoms. The lowest BCUT2D eigenvalue weighted by atomic mass is 10.2. The molecule has 0 aliphatic heterocycles. The van der Waals surface area contributed by atoms with Gasteiger partial charge in [-0.05, 0) is 17.7 Å². The second-order valence-corrected chi connectivity index (χ2v) is 6.46. The summed E-state index contributed by atoms with van der Waals surface area (Å²) in [7, 11) is 0. The largest absolute Gasteiger partial charge is 0.307 e. The maximum atomic E-state index is 4.63. The number of hydrogen-bond donors (Lipinski definition) is 1. The minimum Gasteiger partial charge on any atom is -0.307 e. The van der Waals surface area contributed by atoms with E-state index in [0.29, 0.717) is 5.92 Å². The van der Waals surface area contributed by atoms with Gasteiger partial charge in [0.15, 0.2) is 0 Å². The van der Waals surface area contributed by atoms with Crippen molar-refractivity contribution in [2.75, 3.05) is 0 Å². The SMILES string of the molecule is CC(C)c1nc(CNCc2ccc(-n3ccnc3)cc2)cs1.Cl. The summed E-state index contributed by atoms with van der Waals surface area (Å²) < 4.78 is 2.00. The zero-order valence-corrected chi connectivity index (χ0v) is 14.9. The van der Waals surface area contributed by atoms with Gasteiger partial charge in [0.25, 0.3) is 0 Å². The molecule has 0 aliphatic rings. The number of thiazole rings is 1. The van der Waals surface area contributed by atoms with Crippen molar-refractivity contribution in [3.8, 4) is 5.69 Å². The summed E-state index contributed by atoms with van der Waals surface area (Å²) in [6.45, 7) is 6.01. The fourth-order valence-corrected chi connectivity index (χ4v) is 3.04.